The highest BCUT2D eigenvalue weighted by molar-refractivity contribution is 7.37. The van der Waals surface area contributed by atoms with E-state index in [1.807, 2.05) is 0 Å². The molecule has 0 aliphatic carbocycles. The second kappa shape index (κ2) is 4.24. The Morgan fingerprint density at radius 3 is 3.11 bits per heavy atom. The molecule has 2 heteroatoms. The quantitative estimate of drug-likeness (QED) is 0.552. The predicted octanol–water partition coefficient (Wildman–Crippen LogP) is 1.86. The zero-order chi connectivity index (χ0) is 6.53. The van der Waals surface area contributed by atoms with E-state index in [2.05, 4.69) is 6.92 Å². The minimum absolute atomic E-state index is 0.628. The summed E-state index contributed by atoms with van der Waals surface area (Å²) in [6, 6.07) is 0. The third-order valence-corrected chi connectivity index (χ3v) is 2.89. The normalized spacial score (nSPS) is 28.3. The van der Waals surface area contributed by atoms with E-state index in [1.54, 1.807) is 0 Å². The Morgan fingerprint density at radius 1 is 1.67 bits per heavy atom. The van der Waals surface area contributed by atoms with Gasteiger partial charge >= 0.3 is 0 Å². The first-order chi connectivity index (χ1) is 4.43. The van der Waals surface area contributed by atoms with Crippen molar-refractivity contribution in [3.8, 4) is 0 Å². The maximum absolute atomic E-state index is 5.46. The monoisotopic (exact) mass is 146 g/mol. The van der Waals surface area contributed by atoms with E-state index in [9.17, 15) is 0 Å². The molecule has 0 radical (unpaired) electrons. The van der Waals surface area contributed by atoms with Crippen LogP contribution in [0, 0.1) is 0 Å². The van der Waals surface area contributed by atoms with Crippen LogP contribution in [-0.4, -0.2) is 25.0 Å². The average molecular weight is 146 g/mol. The molecule has 1 saturated heterocycles. The van der Waals surface area contributed by atoms with Crippen molar-refractivity contribution in [1.82, 2.24) is 0 Å². The van der Waals surface area contributed by atoms with Gasteiger partial charge in [0, 0.05) is 6.61 Å². The van der Waals surface area contributed by atoms with E-state index in [-0.39, 0.29) is 0 Å². The molecular formula is C7H15OP. The average Bonchev–Trinajstić information content (AvgIpc) is 2.34. The highest BCUT2D eigenvalue weighted by atomic mass is 31.1. The largest absolute Gasteiger partial charge is 0.378 e. The van der Waals surface area contributed by atoms with Crippen LogP contribution in [0.4, 0.5) is 0 Å². The van der Waals surface area contributed by atoms with Crippen molar-refractivity contribution < 1.29 is 4.74 Å². The molecule has 0 aromatic rings. The van der Waals surface area contributed by atoms with Gasteiger partial charge in [0.05, 0.1) is 6.10 Å². The van der Waals surface area contributed by atoms with Gasteiger partial charge in [-0.15, -0.1) is 8.58 Å². The van der Waals surface area contributed by atoms with Crippen LogP contribution in [-0.2, 0) is 4.74 Å². The molecule has 2 atom stereocenters. The van der Waals surface area contributed by atoms with Gasteiger partial charge in [0.15, 0.2) is 0 Å². The predicted molar refractivity (Wildman–Crippen MR) is 42.7 cm³/mol. The van der Waals surface area contributed by atoms with Gasteiger partial charge in [0.25, 0.3) is 0 Å². The van der Waals surface area contributed by atoms with Gasteiger partial charge in [0.1, 0.15) is 0 Å². The lowest BCUT2D eigenvalue weighted by atomic mass is 10.3. The molecular weight excluding hydrogens is 131 g/mol. The summed E-state index contributed by atoms with van der Waals surface area (Å²) in [5.41, 5.74) is 0. The summed E-state index contributed by atoms with van der Waals surface area (Å²) in [6.45, 7) is 3.26. The van der Waals surface area contributed by atoms with E-state index < -0.39 is 0 Å². The Hall–Kier alpha value is 0.390. The van der Waals surface area contributed by atoms with Gasteiger partial charge in [-0.05, 0) is 25.2 Å². The lowest BCUT2D eigenvalue weighted by Crippen LogP contribution is -2.06. The van der Waals surface area contributed by atoms with Gasteiger partial charge in [-0.3, -0.25) is 0 Å². The fraction of sp³-hybridized carbons (Fsp3) is 1.00. The van der Waals surface area contributed by atoms with Crippen LogP contribution in [0.15, 0.2) is 0 Å². The van der Waals surface area contributed by atoms with Crippen LogP contribution in [0.5, 0.6) is 0 Å². The molecule has 0 aromatic heterocycles. The van der Waals surface area contributed by atoms with Crippen molar-refractivity contribution in [3.05, 3.63) is 0 Å². The lowest BCUT2D eigenvalue weighted by molar-refractivity contribution is 0.128. The molecule has 0 spiro atoms. The summed E-state index contributed by atoms with van der Waals surface area (Å²) in [5.74, 6) is 0. The molecule has 0 aromatic carbocycles. The Balaban J connectivity index is 1.98. The first kappa shape index (κ1) is 7.50. The van der Waals surface area contributed by atoms with E-state index in [4.69, 9.17) is 4.74 Å². The van der Waals surface area contributed by atoms with Crippen LogP contribution >= 0.6 is 8.58 Å². The molecule has 1 fully saturated rings. The van der Waals surface area contributed by atoms with Gasteiger partial charge in [-0.1, -0.05) is 6.92 Å². The Morgan fingerprint density at radius 2 is 2.56 bits per heavy atom. The Kier molecular flexibility index (Phi) is 3.54. The van der Waals surface area contributed by atoms with Crippen LogP contribution < -0.4 is 0 Å². The molecule has 1 nitrogen and oxygen atoms in total. The van der Waals surface area contributed by atoms with Crippen molar-refractivity contribution in [3.63, 3.8) is 0 Å². The second-order valence-electron chi connectivity index (χ2n) is 2.44. The highest BCUT2D eigenvalue weighted by Gasteiger charge is 2.13. The van der Waals surface area contributed by atoms with E-state index >= 15 is 0 Å². The smallest absolute Gasteiger partial charge is 0.0612 e. The van der Waals surface area contributed by atoms with Crippen molar-refractivity contribution in [2.45, 2.75) is 25.9 Å². The van der Waals surface area contributed by atoms with Crippen LogP contribution in [0.3, 0.4) is 0 Å². The summed E-state index contributed by atoms with van der Waals surface area (Å²) in [6.07, 6.45) is 5.88. The maximum atomic E-state index is 5.46. The molecule has 1 heterocycles. The van der Waals surface area contributed by atoms with Crippen molar-refractivity contribution in [1.29, 1.82) is 0 Å². The van der Waals surface area contributed by atoms with Gasteiger partial charge in [-0.25, -0.2) is 0 Å². The third kappa shape index (κ3) is 2.64. The molecule has 1 aliphatic rings. The number of ether oxygens (including phenoxy) is 1. The topological polar surface area (TPSA) is 9.23 Å². The zero-order valence-corrected chi connectivity index (χ0v) is 7.02. The van der Waals surface area contributed by atoms with Crippen LogP contribution in [0.25, 0.3) is 0 Å². The SMILES string of the molecule is CCPCC1CCCO1. The number of hydrogen-bond donors (Lipinski definition) is 0. The Bertz CT molecular complexity index is 69.3. The summed E-state index contributed by atoms with van der Waals surface area (Å²) >= 11 is 0. The van der Waals surface area contributed by atoms with E-state index in [0.717, 1.165) is 15.2 Å². The molecule has 0 bridgehead atoms. The summed E-state index contributed by atoms with van der Waals surface area (Å²) in [4.78, 5) is 0. The Labute approximate surface area is 59.0 Å². The molecule has 2 unspecified atom stereocenters. The number of hydrogen-bond acceptors (Lipinski definition) is 1. The second-order valence-corrected chi connectivity index (χ2v) is 4.06. The molecule has 1 rings (SSSR count). The summed E-state index contributed by atoms with van der Waals surface area (Å²) < 4.78 is 5.46. The van der Waals surface area contributed by atoms with Crippen molar-refractivity contribution in [2.24, 2.45) is 0 Å². The molecule has 54 valence electrons. The van der Waals surface area contributed by atoms with Gasteiger partial charge < -0.3 is 4.74 Å². The highest BCUT2D eigenvalue weighted by Crippen LogP contribution is 2.19. The summed E-state index contributed by atoms with van der Waals surface area (Å²) in [5, 5.41) is 0. The minimum atomic E-state index is 0.628. The van der Waals surface area contributed by atoms with E-state index in [1.165, 1.54) is 25.2 Å². The first-order valence-corrected chi connectivity index (χ1v) is 5.17. The third-order valence-electron chi connectivity index (χ3n) is 1.65. The van der Waals surface area contributed by atoms with Crippen molar-refractivity contribution >= 4 is 8.58 Å². The molecule has 0 saturated carbocycles. The van der Waals surface area contributed by atoms with Crippen LogP contribution in [0.2, 0.25) is 0 Å². The fourth-order valence-electron chi connectivity index (χ4n) is 1.11. The molecule has 9 heavy (non-hydrogen) atoms. The molecule has 1 aliphatic heterocycles. The van der Waals surface area contributed by atoms with Crippen molar-refractivity contribution in [2.75, 3.05) is 18.9 Å². The summed E-state index contributed by atoms with van der Waals surface area (Å²) in [7, 11) is 1.12. The first-order valence-electron chi connectivity index (χ1n) is 3.76. The molecule has 0 N–H and O–H groups in total. The van der Waals surface area contributed by atoms with Crippen LogP contribution in [0.1, 0.15) is 19.8 Å². The fourth-order valence-corrected chi connectivity index (χ4v) is 2.04. The van der Waals surface area contributed by atoms with E-state index in [0.29, 0.717) is 6.10 Å². The minimum Gasteiger partial charge on any atom is -0.378 e. The van der Waals surface area contributed by atoms with Gasteiger partial charge in [-0.2, -0.15) is 0 Å². The maximum Gasteiger partial charge on any atom is 0.0612 e. The lowest BCUT2D eigenvalue weighted by Gasteiger charge is -2.06. The zero-order valence-electron chi connectivity index (χ0n) is 6.02. The molecule has 0 amide bonds. The standard InChI is InChI=1S/C7H15OP/c1-2-9-6-7-4-3-5-8-7/h7,9H,2-6H2,1H3. The van der Waals surface area contributed by atoms with Gasteiger partial charge in [0.2, 0.25) is 0 Å². The number of rotatable bonds is 3.